The summed E-state index contributed by atoms with van der Waals surface area (Å²) in [6, 6.07) is 4.70. The number of aliphatic hydroxyl groups is 1. The van der Waals surface area contributed by atoms with Crippen LogP contribution < -0.4 is 10.1 Å². The summed E-state index contributed by atoms with van der Waals surface area (Å²) in [6.07, 6.45) is 1.83. The molecule has 1 aliphatic carbocycles. The Labute approximate surface area is 134 Å². The Balaban J connectivity index is 2.05. The molecule has 128 valence electrons. The molecule has 0 bridgehead atoms. The average molecular weight is 327 g/mol. The zero-order valence-electron chi connectivity index (χ0n) is 13.4. The van der Waals surface area contributed by atoms with E-state index in [2.05, 4.69) is 10.1 Å². The van der Waals surface area contributed by atoms with Gasteiger partial charge in [0.1, 0.15) is 5.75 Å². The van der Waals surface area contributed by atoms with Crippen LogP contribution in [0.25, 0.3) is 0 Å². The number of alkyl halides is 2. The number of aryl methyl sites for hydroxylation is 1. The zero-order valence-corrected chi connectivity index (χ0v) is 13.4. The van der Waals surface area contributed by atoms with E-state index in [1.165, 1.54) is 6.07 Å². The predicted octanol–water partition coefficient (Wildman–Crippen LogP) is 3.19. The van der Waals surface area contributed by atoms with Gasteiger partial charge in [-0.25, -0.2) is 0 Å². The van der Waals surface area contributed by atoms with E-state index < -0.39 is 12.7 Å². The summed E-state index contributed by atoms with van der Waals surface area (Å²) in [7, 11) is 0. The molecule has 0 spiro atoms. The molecule has 0 saturated heterocycles. The second kappa shape index (κ2) is 7.73. The minimum atomic E-state index is -2.84. The number of carbonyl (C=O) groups excluding carboxylic acids is 1. The molecule has 2 N–H and O–H groups in total. The number of hydrogen-bond donors (Lipinski definition) is 2. The lowest BCUT2D eigenvalue weighted by atomic mass is 9.87. The van der Waals surface area contributed by atoms with Gasteiger partial charge in [0.25, 0.3) is 0 Å². The highest BCUT2D eigenvalue weighted by Gasteiger charge is 2.24. The average Bonchev–Trinajstić information content (AvgIpc) is 2.46. The number of fused-ring (bicyclic) bond motifs is 1. The summed E-state index contributed by atoms with van der Waals surface area (Å²) in [5, 5.41) is 12.7. The molecule has 6 heteroatoms. The van der Waals surface area contributed by atoms with Crippen LogP contribution in [0.1, 0.15) is 50.3 Å². The first-order chi connectivity index (χ1) is 10.9. The number of ether oxygens (including phenoxy) is 1. The summed E-state index contributed by atoms with van der Waals surface area (Å²) < 4.78 is 29.0. The van der Waals surface area contributed by atoms with Gasteiger partial charge in [0, 0.05) is 0 Å². The molecule has 2 atom stereocenters. The maximum absolute atomic E-state index is 12.3. The zero-order chi connectivity index (χ0) is 17.0. The van der Waals surface area contributed by atoms with Gasteiger partial charge in [-0.05, 0) is 48.4 Å². The van der Waals surface area contributed by atoms with Gasteiger partial charge in [0.05, 0.1) is 18.6 Å². The molecule has 2 unspecified atom stereocenters. The van der Waals surface area contributed by atoms with Crippen molar-refractivity contribution in [3.05, 3.63) is 29.3 Å². The van der Waals surface area contributed by atoms with E-state index in [4.69, 9.17) is 0 Å². The Morgan fingerprint density at radius 2 is 2.17 bits per heavy atom. The van der Waals surface area contributed by atoms with Gasteiger partial charge in [0.15, 0.2) is 0 Å². The standard InChI is InChI=1S/C17H23F2NO3/c1-10(2)15(21)9-16(22)20-14-5-3-4-11-8-12(23-17(18)19)6-7-13(11)14/h6-8,10,14-15,17,21H,3-5,9H2,1-2H3,(H,20,22). The fraction of sp³-hybridized carbons (Fsp3) is 0.588. The number of amides is 1. The highest BCUT2D eigenvalue weighted by atomic mass is 19.3. The van der Waals surface area contributed by atoms with Gasteiger partial charge < -0.3 is 15.2 Å². The number of nitrogens with one attached hydrogen (secondary N) is 1. The van der Waals surface area contributed by atoms with Crippen LogP contribution >= 0.6 is 0 Å². The van der Waals surface area contributed by atoms with E-state index in [1.807, 2.05) is 13.8 Å². The van der Waals surface area contributed by atoms with Crippen LogP contribution in [-0.2, 0) is 11.2 Å². The summed E-state index contributed by atoms with van der Waals surface area (Å²) in [5.74, 6) is -0.0358. The van der Waals surface area contributed by atoms with Crippen LogP contribution in [0.2, 0.25) is 0 Å². The van der Waals surface area contributed by atoms with Gasteiger partial charge in [-0.1, -0.05) is 19.9 Å². The molecule has 0 radical (unpaired) electrons. The Morgan fingerprint density at radius 1 is 1.43 bits per heavy atom. The van der Waals surface area contributed by atoms with E-state index in [-0.39, 0.29) is 30.0 Å². The van der Waals surface area contributed by atoms with Gasteiger partial charge in [-0.2, -0.15) is 8.78 Å². The van der Waals surface area contributed by atoms with Crippen LogP contribution in [0.15, 0.2) is 18.2 Å². The van der Waals surface area contributed by atoms with Crippen LogP contribution in [0.4, 0.5) is 8.78 Å². The highest BCUT2D eigenvalue weighted by molar-refractivity contribution is 5.77. The van der Waals surface area contributed by atoms with Crippen molar-refractivity contribution in [1.29, 1.82) is 0 Å². The first-order valence-corrected chi connectivity index (χ1v) is 7.92. The molecule has 1 aromatic carbocycles. The first-order valence-electron chi connectivity index (χ1n) is 7.92. The second-order valence-corrected chi connectivity index (χ2v) is 6.27. The molecule has 1 aromatic rings. The van der Waals surface area contributed by atoms with Crippen molar-refractivity contribution >= 4 is 5.91 Å². The summed E-state index contributed by atoms with van der Waals surface area (Å²) >= 11 is 0. The number of halogens is 2. The topological polar surface area (TPSA) is 58.6 Å². The molecule has 0 saturated carbocycles. The molecule has 23 heavy (non-hydrogen) atoms. The number of benzene rings is 1. The minimum Gasteiger partial charge on any atom is -0.435 e. The predicted molar refractivity (Wildman–Crippen MR) is 82.4 cm³/mol. The van der Waals surface area contributed by atoms with Gasteiger partial charge in [0.2, 0.25) is 5.91 Å². The number of rotatable bonds is 6. The summed E-state index contributed by atoms with van der Waals surface area (Å²) in [4.78, 5) is 12.1. The maximum Gasteiger partial charge on any atom is 0.387 e. The van der Waals surface area contributed by atoms with E-state index >= 15 is 0 Å². The Hall–Kier alpha value is -1.69. The van der Waals surface area contributed by atoms with Crippen molar-refractivity contribution < 1.29 is 23.4 Å². The van der Waals surface area contributed by atoms with E-state index in [1.54, 1.807) is 12.1 Å². The van der Waals surface area contributed by atoms with Crippen LogP contribution in [0.3, 0.4) is 0 Å². The minimum absolute atomic E-state index is 0.0217. The molecular weight excluding hydrogens is 304 g/mol. The Bertz CT molecular complexity index is 549. The fourth-order valence-corrected chi connectivity index (χ4v) is 2.80. The van der Waals surface area contributed by atoms with Crippen LogP contribution in [-0.4, -0.2) is 23.7 Å². The molecule has 1 amide bonds. The third kappa shape index (κ3) is 4.89. The lowest BCUT2D eigenvalue weighted by Gasteiger charge is -2.27. The van der Waals surface area contributed by atoms with Gasteiger partial charge >= 0.3 is 6.61 Å². The highest BCUT2D eigenvalue weighted by Crippen LogP contribution is 2.32. The molecule has 0 fully saturated rings. The van der Waals surface area contributed by atoms with Crippen molar-refractivity contribution in [1.82, 2.24) is 5.32 Å². The van der Waals surface area contributed by atoms with Crippen molar-refractivity contribution in [3.8, 4) is 5.75 Å². The van der Waals surface area contributed by atoms with E-state index in [0.29, 0.717) is 0 Å². The van der Waals surface area contributed by atoms with Gasteiger partial charge in [-0.3, -0.25) is 4.79 Å². The van der Waals surface area contributed by atoms with Crippen molar-refractivity contribution in [3.63, 3.8) is 0 Å². The van der Waals surface area contributed by atoms with Crippen LogP contribution in [0.5, 0.6) is 5.75 Å². The second-order valence-electron chi connectivity index (χ2n) is 6.27. The SMILES string of the molecule is CC(C)C(O)CC(=O)NC1CCCc2cc(OC(F)F)ccc21. The monoisotopic (exact) mass is 327 g/mol. The third-order valence-corrected chi connectivity index (χ3v) is 4.15. The maximum atomic E-state index is 12.3. The van der Waals surface area contributed by atoms with Crippen molar-refractivity contribution in [2.24, 2.45) is 5.92 Å². The largest absolute Gasteiger partial charge is 0.435 e. The molecule has 4 nitrogen and oxygen atoms in total. The number of aliphatic hydroxyl groups excluding tert-OH is 1. The number of hydrogen-bond acceptors (Lipinski definition) is 3. The van der Waals surface area contributed by atoms with Crippen molar-refractivity contribution in [2.45, 2.75) is 58.3 Å². The summed E-state index contributed by atoms with van der Waals surface area (Å²) in [5.41, 5.74) is 1.86. The Morgan fingerprint density at radius 3 is 2.83 bits per heavy atom. The fourth-order valence-electron chi connectivity index (χ4n) is 2.80. The quantitative estimate of drug-likeness (QED) is 0.843. The smallest absolute Gasteiger partial charge is 0.387 e. The first kappa shape index (κ1) is 17.7. The molecule has 0 aromatic heterocycles. The van der Waals surface area contributed by atoms with Gasteiger partial charge in [-0.15, -0.1) is 0 Å². The Kier molecular flexibility index (Phi) is 5.93. The summed E-state index contributed by atoms with van der Waals surface area (Å²) in [6.45, 7) is 0.876. The van der Waals surface area contributed by atoms with Crippen molar-refractivity contribution in [2.75, 3.05) is 0 Å². The molecule has 0 aliphatic heterocycles. The molecule has 1 aliphatic rings. The third-order valence-electron chi connectivity index (χ3n) is 4.15. The molecular formula is C17H23F2NO3. The van der Waals surface area contributed by atoms with E-state index in [9.17, 15) is 18.7 Å². The van der Waals surface area contributed by atoms with E-state index in [0.717, 1.165) is 30.4 Å². The molecule has 2 rings (SSSR count). The lowest BCUT2D eigenvalue weighted by molar-refractivity contribution is -0.124. The number of carbonyl (C=O) groups is 1. The lowest BCUT2D eigenvalue weighted by Crippen LogP contribution is -2.34. The molecule has 0 heterocycles. The normalized spacial score (nSPS) is 18.7. The van der Waals surface area contributed by atoms with Crippen LogP contribution in [0, 0.1) is 5.92 Å².